The predicted molar refractivity (Wildman–Crippen MR) is 82.0 cm³/mol. The van der Waals surface area contributed by atoms with Gasteiger partial charge in [0.1, 0.15) is 11.7 Å². The van der Waals surface area contributed by atoms with Crippen molar-refractivity contribution >= 4 is 5.97 Å². The lowest BCUT2D eigenvalue weighted by molar-refractivity contribution is -0.308. The van der Waals surface area contributed by atoms with E-state index in [0.717, 1.165) is 0 Å². The van der Waals surface area contributed by atoms with Crippen LogP contribution >= 0.6 is 0 Å². The second-order valence-corrected chi connectivity index (χ2v) is 5.47. The monoisotopic (exact) mass is 337 g/mol. The quantitative estimate of drug-likeness (QED) is 0.261. The van der Waals surface area contributed by atoms with E-state index in [9.17, 15) is 15.0 Å². The molecule has 1 saturated heterocycles. The highest BCUT2D eigenvalue weighted by atomic mass is 16.7. The van der Waals surface area contributed by atoms with Gasteiger partial charge in [0.25, 0.3) is 0 Å². The van der Waals surface area contributed by atoms with Crippen LogP contribution in [0.25, 0.3) is 10.4 Å². The van der Waals surface area contributed by atoms with Crippen molar-refractivity contribution in [2.45, 2.75) is 31.0 Å². The molecule has 130 valence electrons. The Morgan fingerprint density at radius 1 is 1.50 bits per heavy atom. The standard InChI is InChI=1S/C15H19N3O6/c1-15(21)12(19)11(9-23-14(15)22-8-7-17-18-16)24-13(20)10-5-3-2-4-6-10/h2-6,11-12,14,19,21H,7-9H2,1H3/t11-,12?,14-,15?/m1/s1. The third kappa shape index (κ3) is 4.22. The lowest BCUT2D eigenvalue weighted by Gasteiger charge is -2.43. The van der Waals surface area contributed by atoms with Crippen LogP contribution < -0.4 is 0 Å². The van der Waals surface area contributed by atoms with E-state index in [1.807, 2.05) is 0 Å². The van der Waals surface area contributed by atoms with Crippen molar-refractivity contribution in [2.24, 2.45) is 5.11 Å². The number of hydrogen-bond acceptors (Lipinski definition) is 7. The molecule has 1 fully saturated rings. The van der Waals surface area contributed by atoms with E-state index in [1.165, 1.54) is 6.92 Å². The highest BCUT2D eigenvalue weighted by Crippen LogP contribution is 2.28. The molecule has 1 aromatic carbocycles. The highest BCUT2D eigenvalue weighted by Gasteiger charge is 2.50. The maximum absolute atomic E-state index is 12.0. The third-order valence-electron chi connectivity index (χ3n) is 3.63. The molecule has 24 heavy (non-hydrogen) atoms. The maximum Gasteiger partial charge on any atom is 0.338 e. The average molecular weight is 337 g/mol. The molecule has 0 saturated carbocycles. The molecule has 0 aromatic heterocycles. The van der Waals surface area contributed by atoms with Crippen LogP contribution in [0.5, 0.6) is 0 Å². The van der Waals surface area contributed by atoms with Crippen molar-refractivity contribution in [3.8, 4) is 0 Å². The first kappa shape index (κ1) is 18.2. The number of benzene rings is 1. The summed E-state index contributed by atoms with van der Waals surface area (Å²) < 4.78 is 15.8. The number of ether oxygens (including phenoxy) is 3. The molecule has 2 rings (SSSR count). The maximum atomic E-state index is 12.0. The molecule has 2 N–H and O–H groups in total. The molecule has 0 aliphatic carbocycles. The number of carbonyl (C=O) groups is 1. The molecule has 2 unspecified atom stereocenters. The minimum absolute atomic E-state index is 0.0199. The van der Waals surface area contributed by atoms with Crippen molar-refractivity contribution < 1.29 is 29.2 Å². The molecule has 0 radical (unpaired) electrons. The topological polar surface area (TPSA) is 134 Å². The molecule has 1 aliphatic heterocycles. The minimum Gasteiger partial charge on any atom is -0.453 e. The van der Waals surface area contributed by atoms with Gasteiger partial charge < -0.3 is 24.4 Å². The van der Waals surface area contributed by atoms with E-state index in [0.29, 0.717) is 5.56 Å². The fourth-order valence-electron chi connectivity index (χ4n) is 2.30. The summed E-state index contributed by atoms with van der Waals surface area (Å²) in [5.74, 6) is -0.623. The van der Waals surface area contributed by atoms with Crippen molar-refractivity contribution in [2.75, 3.05) is 19.8 Å². The van der Waals surface area contributed by atoms with Crippen LogP contribution in [0.15, 0.2) is 35.4 Å². The van der Waals surface area contributed by atoms with Gasteiger partial charge in [-0.1, -0.05) is 23.3 Å². The number of aliphatic hydroxyl groups excluding tert-OH is 1. The van der Waals surface area contributed by atoms with E-state index >= 15 is 0 Å². The van der Waals surface area contributed by atoms with E-state index in [4.69, 9.17) is 19.7 Å². The van der Waals surface area contributed by atoms with E-state index < -0.39 is 30.1 Å². The van der Waals surface area contributed by atoms with Gasteiger partial charge in [-0.3, -0.25) is 0 Å². The van der Waals surface area contributed by atoms with Crippen molar-refractivity contribution in [3.05, 3.63) is 46.3 Å². The van der Waals surface area contributed by atoms with Gasteiger partial charge in [-0.05, 0) is 24.6 Å². The molecular weight excluding hydrogens is 318 g/mol. The summed E-state index contributed by atoms with van der Waals surface area (Å²) in [7, 11) is 0. The number of hydrogen-bond donors (Lipinski definition) is 2. The van der Waals surface area contributed by atoms with Crippen molar-refractivity contribution in [1.29, 1.82) is 0 Å². The summed E-state index contributed by atoms with van der Waals surface area (Å²) in [6, 6.07) is 8.30. The molecule has 9 nitrogen and oxygen atoms in total. The van der Waals surface area contributed by atoms with Crippen molar-refractivity contribution in [3.63, 3.8) is 0 Å². The van der Waals surface area contributed by atoms with Gasteiger partial charge in [0, 0.05) is 11.5 Å². The molecule has 1 heterocycles. The van der Waals surface area contributed by atoms with Crippen LogP contribution in [0, 0.1) is 0 Å². The normalized spacial score (nSPS) is 29.5. The first-order valence-corrected chi connectivity index (χ1v) is 7.37. The van der Waals surface area contributed by atoms with Gasteiger partial charge in [0.15, 0.2) is 12.4 Å². The molecule has 1 aromatic rings. The predicted octanol–water partition coefficient (Wildman–Crippen LogP) is 1.01. The molecule has 4 atom stereocenters. The first-order valence-electron chi connectivity index (χ1n) is 7.37. The number of nitrogens with zero attached hydrogens (tertiary/aromatic N) is 3. The smallest absolute Gasteiger partial charge is 0.338 e. The fraction of sp³-hybridized carbons (Fsp3) is 0.533. The zero-order chi connectivity index (χ0) is 17.6. The number of esters is 1. The van der Waals surface area contributed by atoms with Gasteiger partial charge in [-0.2, -0.15) is 0 Å². The van der Waals surface area contributed by atoms with Crippen LogP contribution in [0.1, 0.15) is 17.3 Å². The molecule has 0 spiro atoms. The lowest BCUT2D eigenvalue weighted by Crippen LogP contribution is -2.62. The summed E-state index contributed by atoms with van der Waals surface area (Å²) in [5.41, 5.74) is 6.73. The van der Waals surface area contributed by atoms with Crippen LogP contribution in [0.4, 0.5) is 0 Å². The van der Waals surface area contributed by atoms with E-state index in [-0.39, 0.29) is 19.8 Å². The summed E-state index contributed by atoms with van der Waals surface area (Å²) >= 11 is 0. The van der Waals surface area contributed by atoms with Crippen LogP contribution in [0.2, 0.25) is 0 Å². The zero-order valence-electron chi connectivity index (χ0n) is 13.1. The van der Waals surface area contributed by atoms with Crippen LogP contribution in [-0.4, -0.2) is 60.0 Å². The van der Waals surface area contributed by atoms with Gasteiger partial charge >= 0.3 is 5.97 Å². The Labute approximate surface area is 138 Å². The first-order chi connectivity index (χ1) is 11.5. The van der Waals surface area contributed by atoms with Gasteiger partial charge in [0.05, 0.1) is 18.8 Å². The average Bonchev–Trinajstić information content (AvgIpc) is 2.58. The van der Waals surface area contributed by atoms with Crippen LogP contribution in [0.3, 0.4) is 0 Å². The van der Waals surface area contributed by atoms with Crippen LogP contribution in [-0.2, 0) is 14.2 Å². The number of rotatable bonds is 6. The zero-order valence-corrected chi connectivity index (χ0v) is 13.1. The second kappa shape index (κ2) is 8.09. The Balaban J connectivity index is 1.96. The third-order valence-corrected chi connectivity index (χ3v) is 3.63. The second-order valence-electron chi connectivity index (χ2n) is 5.47. The Hall–Kier alpha value is -2.16. The fourth-order valence-corrected chi connectivity index (χ4v) is 2.30. The van der Waals surface area contributed by atoms with E-state index in [1.54, 1.807) is 30.3 Å². The lowest BCUT2D eigenvalue weighted by atomic mass is 9.91. The largest absolute Gasteiger partial charge is 0.453 e. The Morgan fingerprint density at radius 2 is 2.21 bits per heavy atom. The summed E-state index contributed by atoms with van der Waals surface area (Å²) in [5, 5.41) is 24.0. The summed E-state index contributed by atoms with van der Waals surface area (Å²) in [4.78, 5) is 14.6. The van der Waals surface area contributed by atoms with E-state index in [2.05, 4.69) is 10.0 Å². The Bertz CT molecular complexity index is 602. The van der Waals surface area contributed by atoms with Gasteiger partial charge in [0.2, 0.25) is 0 Å². The molecule has 0 bridgehead atoms. The summed E-state index contributed by atoms with van der Waals surface area (Å²) in [6.45, 7) is 1.27. The Morgan fingerprint density at radius 3 is 2.88 bits per heavy atom. The van der Waals surface area contributed by atoms with Gasteiger partial charge in [-0.15, -0.1) is 0 Å². The molecular formula is C15H19N3O6. The molecule has 0 amide bonds. The summed E-state index contributed by atoms with van der Waals surface area (Å²) in [6.07, 6.45) is -3.57. The minimum atomic E-state index is -1.80. The molecule has 9 heteroatoms. The van der Waals surface area contributed by atoms with Gasteiger partial charge in [-0.25, -0.2) is 4.79 Å². The number of azide groups is 1. The number of aliphatic hydroxyl groups is 2. The number of carbonyl (C=O) groups excluding carboxylic acids is 1. The Kier molecular flexibility index (Phi) is 6.13. The SMILES string of the molecule is CC1(O)C(O)[C@H](OC(=O)c2ccccc2)CO[C@H]1OCCN=[N+]=[N-]. The van der Waals surface area contributed by atoms with Crippen molar-refractivity contribution in [1.82, 2.24) is 0 Å². The molecule has 1 aliphatic rings. The highest BCUT2D eigenvalue weighted by molar-refractivity contribution is 5.89.